The van der Waals surface area contributed by atoms with Gasteiger partial charge in [0.1, 0.15) is 0 Å². The van der Waals surface area contributed by atoms with Crippen LogP contribution in [0.3, 0.4) is 0 Å². The molecule has 8 heteroatoms. The van der Waals surface area contributed by atoms with Crippen molar-refractivity contribution in [3.05, 3.63) is 95.1 Å². The second-order valence-electron chi connectivity index (χ2n) is 7.32. The fourth-order valence-electron chi connectivity index (χ4n) is 3.52. The van der Waals surface area contributed by atoms with E-state index < -0.39 is 0 Å². The van der Waals surface area contributed by atoms with Gasteiger partial charge in [-0.2, -0.15) is 4.98 Å². The predicted molar refractivity (Wildman–Crippen MR) is 133 cm³/mol. The van der Waals surface area contributed by atoms with Crippen molar-refractivity contribution < 1.29 is 9.21 Å². The lowest BCUT2D eigenvalue weighted by Crippen LogP contribution is -2.38. The van der Waals surface area contributed by atoms with Gasteiger partial charge in [0.05, 0.1) is 0 Å². The highest BCUT2D eigenvalue weighted by molar-refractivity contribution is 7.80. The van der Waals surface area contributed by atoms with Crippen LogP contribution in [0.15, 0.2) is 83.4 Å². The average Bonchev–Trinajstić information content (AvgIpc) is 3.27. The Morgan fingerprint density at radius 1 is 0.970 bits per heavy atom. The lowest BCUT2D eigenvalue weighted by atomic mass is 10.0. The number of pyridine rings is 1. The third-order valence-electron chi connectivity index (χ3n) is 5.16. The van der Waals surface area contributed by atoms with Crippen molar-refractivity contribution in [2.45, 2.75) is 6.54 Å². The lowest BCUT2D eigenvalue weighted by Gasteiger charge is -2.11. The third kappa shape index (κ3) is 4.41. The molecule has 6 nitrogen and oxygen atoms in total. The van der Waals surface area contributed by atoms with Gasteiger partial charge < -0.3 is 9.73 Å². The van der Waals surface area contributed by atoms with Gasteiger partial charge in [-0.1, -0.05) is 48.0 Å². The van der Waals surface area contributed by atoms with Gasteiger partial charge in [0.25, 0.3) is 5.91 Å². The van der Waals surface area contributed by atoms with Gasteiger partial charge in [0.15, 0.2) is 16.3 Å². The van der Waals surface area contributed by atoms with Crippen LogP contribution in [0.5, 0.6) is 0 Å². The van der Waals surface area contributed by atoms with Crippen molar-refractivity contribution in [2.24, 2.45) is 0 Å². The van der Waals surface area contributed by atoms with Crippen LogP contribution in [0.2, 0.25) is 5.02 Å². The molecular formula is C25H17ClN4O2S. The first-order chi connectivity index (χ1) is 16.1. The smallest absolute Gasteiger partial charge is 0.258 e. The summed E-state index contributed by atoms with van der Waals surface area (Å²) < 4.78 is 5.75. The number of carbonyl (C=O) groups is 1. The van der Waals surface area contributed by atoms with Gasteiger partial charge in [-0.25, -0.2) is 4.98 Å². The molecule has 0 atom stereocenters. The predicted octanol–water partition coefficient (Wildman–Crippen LogP) is 5.50. The number of aromatic nitrogens is 2. The molecule has 0 spiro atoms. The summed E-state index contributed by atoms with van der Waals surface area (Å²) in [6.07, 6.45) is 1.68. The molecule has 0 saturated carbocycles. The first kappa shape index (κ1) is 21.1. The number of oxazole rings is 1. The molecule has 3 aromatic carbocycles. The molecule has 2 heterocycles. The van der Waals surface area contributed by atoms with Crippen molar-refractivity contribution in [2.75, 3.05) is 0 Å². The Labute approximate surface area is 199 Å². The van der Waals surface area contributed by atoms with Gasteiger partial charge in [-0.15, -0.1) is 0 Å². The highest BCUT2D eigenvalue weighted by Gasteiger charge is 2.13. The number of nitrogens with one attached hydrogen (secondary N) is 2. The molecule has 0 fully saturated rings. The number of fused-ring (bicyclic) bond motifs is 2. The van der Waals surface area contributed by atoms with Crippen molar-refractivity contribution >= 4 is 56.8 Å². The van der Waals surface area contributed by atoms with Gasteiger partial charge >= 0.3 is 0 Å². The van der Waals surface area contributed by atoms with Crippen LogP contribution < -0.4 is 10.6 Å². The number of rotatable bonds is 4. The first-order valence-electron chi connectivity index (χ1n) is 10.2. The quantitative estimate of drug-likeness (QED) is 0.336. The summed E-state index contributed by atoms with van der Waals surface area (Å²) in [5.74, 6) is 0.224. The number of halogens is 1. The zero-order valence-electron chi connectivity index (χ0n) is 17.2. The van der Waals surface area contributed by atoms with Crippen LogP contribution in [0.4, 0.5) is 0 Å². The van der Waals surface area contributed by atoms with Crippen LogP contribution >= 0.6 is 23.8 Å². The van der Waals surface area contributed by atoms with E-state index in [1.54, 1.807) is 24.4 Å². The molecular weight excluding hydrogens is 456 g/mol. The van der Waals surface area contributed by atoms with Crippen molar-refractivity contribution in [1.29, 1.82) is 0 Å². The van der Waals surface area contributed by atoms with E-state index in [-0.39, 0.29) is 11.0 Å². The minimum atomic E-state index is -0.291. The molecule has 0 aliphatic heterocycles. The summed E-state index contributed by atoms with van der Waals surface area (Å²) in [6.45, 7) is 0.454. The Bertz CT molecular complexity index is 1460. The maximum Gasteiger partial charge on any atom is 0.258 e. The maximum atomic E-state index is 12.8. The fraction of sp³-hybridized carbons (Fsp3) is 0.0400. The second kappa shape index (κ2) is 8.97. The summed E-state index contributed by atoms with van der Waals surface area (Å²) in [6, 6.07) is 22.3. The number of nitrogens with zero attached hydrogens (tertiary/aromatic N) is 2. The molecule has 0 aliphatic carbocycles. The van der Waals surface area contributed by atoms with E-state index in [1.165, 1.54) is 0 Å². The molecule has 0 saturated heterocycles. The van der Waals surface area contributed by atoms with Crippen molar-refractivity contribution in [1.82, 2.24) is 20.6 Å². The van der Waals surface area contributed by atoms with Crippen LogP contribution in [-0.2, 0) is 6.54 Å². The molecule has 0 unspecified atom stereocenters. The zero-order valence-corrected chi connectivity index (χ0v) is 18.8. The number of amides is 1. The van der Waals surface area contributed by atoms with Crippen molar-refractivity contribution in [3.8, 4) is 11.5 Å². The number of carbonyl (C=O) groups excluding carboxylic acids is 1. The summed E-state index contributed by atoms with van der Waals surface area (Å²) in [4.78, 5) is 21.4. The van der Waals surface area contributed by atoms with E-state index in [0.29, 0.717) is 34.3 Å². The maximum absolute atomic E-state index is 12.8. The molecule has 1 amide bonds. The number of benzene rings is 3. The molecule has 33 heavy (non-hydrogen) atoms. The van der Waals surface area contributed by atoms with E-state index >= 15 is 0 Å². The van der Waals surface area contributed by atoms with Gasteiger partial charge in [-0.3, -0.25) is 10.1 Å². The van der Waals surface area contributed by atoms with Gasteiger partial charge in [0, 0.05) is 34.3 Å². The zero-order chi connectivity index (χ0) is 22.8. The minimum Gasteiger partial charge on any atom is -0.434 e. The van der Waals surface area contributed by atoms with Crippen LogP contribution in [0.25, 0.3) is 33.5 Å². The van der Waals surface area contributed by atoms with E-state index in [1.807, 2.05) is 54.6 Å². The Morgan fingerprint density at radius 2 is 1.76 bits per heavy atom. The number of hydrogen-bond donors (Lipinski definition) is 2. The molecule has 162 valence electrons. The second-order valence-corrected chi connectivity index (χ2v) is 8.13. The summed E-state index contributed by atoms with van der Waals surface area (Å²) in [5, 5.41) is 8.24. The van der Waals surface area contributed by atoms with Crippen molar-refractivity contribution in [3.63, 3.8) is 0 Å². The van der Waals surface area contributed by atoms with E-state index in [9.17, 15) is 4.79 Å². The van der Waals surface area contributed by atoms with Crippen LogP contribution in [0.1, 0.15) is 15.9 Å². The van der Waals surface area contributed by atoms with Crippen LogP contribution in [0, 0.1) is 0 Å². The monoisotopic (exact) mass is 472 g/mol. The van der Waals surface area contributed by atoms with E-state index in [0.717, 1.165) is 21.9 Å². The standard InChI is InChI=1S/C25H17ClN4O2S/c26-20-7-2-4-17-18(20)5-1-6-19(17)23(31)30-25(33)28-14-15-9-11-16(12-10-15)24-29-22-21(32-24)8-3-13-27-22/h1-13H,14H2,(H2,28,30,31,33). The van der Waals surface area contributed by atoms with Gasteiger partial charge in [0.2, 0.25) is 5.89 Å². The summed E-state index contributed by atoms with van der Waals surface area (Å²) in [5.41, 5.74) is 3.57. The third-order valence-corrected chi connectivity index (χ3v) is 5.74. The molecule has 5 rings (SSSR count). The summed E-state index contributed by atoms with van der Waals surface area (Å²) >= 11 is 11.6. The molecule has 5 aromatic rings. The van der Waals surface area contributed by atoms with E-state index in [2.05, 4.69) is 20.6 Å². The first-order valence-corrected chi connectivity index (χ1v) is 10.9. The Balaban J connectivity index is 1.22. The molecule has 0 radical (unpaired) electrons. The Kier molecular flexibility index (Phi) is 5.73. The lowest BCUT2D eigenvalue weighted by molar-refractivity contribution is 0.0978. The topological polar surface area (TPSA) is 80.0 Å². The average molecular weight is 473 g/mol. The van der Waals surface area contributed by atoms with Gasteiger partial charge in [-0.05, 0) is 59.6 Å². The molecule has 0 aliphatic rings. The largest absolute Gasteiger partial charge is 0.434 e. The highest BCUT2D eigenvalue weighted by atomic mass is 35.5. The van der Waals surface area contributed by atoms with Crippen LogP contribution in [-0.4, -0.2) is 21.0 Å². The highest BCUT2D eigenvalue weighted by Crippen LogP contribution is 2.26. The molecule has 2 aromatic heterocycles. The Hall–Kier alpha value is -3.81. The fourth-order valence-corrected chi connectivity index (χ4v) is 3.93. The SMILES string of the molecule is O=C(NC(=S)NCc1ccc(-c2nc3ncccc3o2)cc1)c1cccc2c(Cl)cccc12. The number of hydrogen-bond acceptors (Lipinski definition) is 5. The van der Waals surface area contributed by atoms with E-state index in [4.69, 9.17) is 28.2 Å². The minimum absolute atomic E-state index is 0.244. The molecule has 2 N–H and O–H groups in total. The summed E-state index contributed by atoms with van der Waals surface area (Å²) in [7, 11) is 0. The Morgan fingerprint density at radius 3 is 2.58 bits per heavy atom. The normalized spacial score (nSPS) is 10.9. The molecule has 0 bridgehead atoms. The number of thiocarbonyl (C=S) groups is 1.